The summed E-state index contributed by atoms with van der Waals surface area (Å²) >= 11 is 0. The number of benzene rings is 1. The highest BCUT2D eigenvalue weighted by Crippen LogP contribution is 2.21. The first-order chi connectivity index (χ1) is 11.2. The molecule has 2 fully saturated rings. The van der Waals surface area contributed by atoms with Crippen LogP contribution >= 0.6 is 0 Å². The van der Waals surface area contributed by atoms with Gasteiger partial charge in [0.1, 0.15) is 6.04 Å². The third kappa shape index (κ3) is 4.01. The molecule has 23 heavy (non-hydrogen) atoms. The maximum Gasteiger partial charge on any atom is 0.245 e. The number of likely N-dealkylation sites (tertiary alicyclic amines) is 1. The fourth-order valence-electron chi connectivity index (χ4n) is 3.39. The molecule has 2 aliphatic rings. The molecule has 0 aromatic heterocycles. The highest BCUT2D eigenvalue weighted by atomic mass is 16.2. The summed E-state index contributed by atoms with van der Waals surface area (Å²) in [5, 5.41) is 2.81. The molecule has 4 heteroatoms. The van der Waals surface area contributed by atoms with Crippen molar-refractivity contribution in [2.75, 3.05) is 6.54 Å². The van der Waals surface area contributed by atoms with Crippen molar-refractivity contribution in [1.82, 2.24) is 10.2 Å². The van der Waals surface area contributed by atoms with Gasteiger partial charge in [0.15, 0.2) is 0 Å². The van der Waals surface area contributed by atoms with E-state index in [1.54, 1.807) is 0 Å². The van der Waals surface area contributed by atoms with Crippen molar-refractivity contribution in [1.29, 1.82) is 0 Å². The van der Waals surface area contributed by atoms with E-state index in [2.05, 4.69) is 29.6 Å². The van der Waals surface area contributed by atoms with Crippen LogP contribution in [-0.2, 0) is 9.59 Å². The van der Waals surface area contributed by atoms with Gasteiger partial charge in [-0.25, -0.2) is 0 Å². The van der Waals surface area contributed by atoms with Gasteiger partial charge in [0.05, 0.1) is 6.04 Å². The molecular formula is C19H24N2O2. The van der Waals surface area contributed by atoms with E-state index in [-0.39, 0.29) is 23.9 Å². The molecule has 1 aromatic carbocycles. The van der Waals surface area contributed by atoms with E-state index >= 15 is 0 Å². The van der Waals surface area contributed by atoms with E-state index < -0.39 is 0 Å². The maximum atomic E-state index is 12.8. The van der Waals surface area contributed by atoms with Crippen LogP contribution in [0.3, 0.4) is 0 Å². The van der Waals surface area contributed by atoms with Gasteiger partial charge in [-0.05, 0) is 24.8 Å². The van der Waals surface area contributed by atoms with Crippen LogP contribution in [0.2, 0.25) is 0 Å². The first-order valence-corrected chi connectivity index (χ1v) is 8.57. The summed E-state index contributed by atoms with van der Waals surface area (Å²) in [6.07, 6.45) is 9.69. The Balaban J connectivity index is 1.73. The van der Waals surface area contributed by atoms with E-state index in [9.17, 15) is 9.59 Å². The van der Waals surface area contributed by atoms with Gasteiger partial charge in [-0.2, -0.15) is 0 Å². The third-order valence-electron chi connectivity index (χ3n) is 4.69. The molecule has 0 saturated carbocycles. The van der Waals surface area contributed by atoms with Crippen LogP contribution in [-0.4, -0.2) is 35.3 Å². The summed E-state index contributed by atoms with van der Waals surface area (Å²) in [5.74, 6) is 0.0787. The Morgan fingerprint density at radius 3 is 2.70 bits per heavy atom. The fourth-order valence-corrected chi connectivity index (χ4v) is 3.39. The Kier molecular flexibility index (Phi) is 5.11. The average molecular weight is 312 g/mol. The predicted octanol–water partition coefficient (Wildman–Crippen LogP) is 2.75. The molecule has 4 nitrogen and oxygen atoms in total. The molecule has 1 N–H and O–H groups in total. The molecular weight excluding hydrogens is 288 g/mol. The highest BCUT2D eigenvalue weighted by molar-refractivity contribution is 5.91. The lowest BCUT2D eigenvalue weighted by atomic mass is 10.1. The van der Waals surface area contributed by atoms with E-state index in [1.165, 1.54) is 0 Å². The first-order valence-electron chi connectivity index (χ1n) is 8.57. The summed E-state index contributed by atoms with van der Waals surface area (Å²) in [6.45, 7) is 0.787. The minimum absolute atomic E-state index is 0.00505. The lowest BCUT2D eigenvalue weighted by Gasteiger charge is -2.30. The number of rotatable bonds is 3. The molecule has 0 aliphatic carbocycles. The van der Waals surface area contributed by atoms with Crippen LogP contribution in [0.1, 0.15) is 44.1 Å². The normalized spacial score (nSPS) is 25.4. The van der Waals surface area contributed by atoms with E-state index in [0.717, 1.165) is 37.8 Å². The molecule has 2 atom stereocenters. The Morgan fingerprint density at radius 2 is 1.96 bits per heavy atom. The Labute approximate surface area is 137 Å². The van der Waals surface area contributed by atoms with Crippen molar-refractivity contribution >= 4 is 17.9 Å². The fraction of sp³-hybridized carbons (Fsp3) is 0.474. The number of carbonyl (C=O) groups is 2. The number of hydrogen-bond donors (Lipinski definition) is 1. The first kappa shape index (κ1) is 15.8. The van der Waals surface area contributed by atoms with Crippen molar-refractivity contribution in [3.8, 4) is 0 Å². The van der Waals surface area contributed by atoms with Gasteiger partial charge in [0.2, 0.25) is 11.8 Å². The second-order valence-corrected chi connectivity index (χ2v) is 6.38. The summed E-state index contributed by atoms with van der Waals surface area (Å²) in [5.41, 5.74) is 1.15. The van der Waals surface area contributed by atoms with Crippen molar-refractivity contribution in [3.05, 3.63) is 42.0 Å². The molecule has 2 saturated heterocycles. The van der Waals surface area contributed by atoms with Gasteiger partial charge in [0, 0.05) is 13.0 Å². The zero-order valence-corrected chi connectivity index (χ0v) is 13.4. The topological polar surface area (TPSA) is 49.4 Å². The molecule has 2 heterocycles. The zero-order chi connectivity index (χ0) is 16.1. The van der Waals surface area contributed by atoms with Crippen molar-refractivity contribution in [2.45, 2.75) is 50.6 Å². The van der Waals surface area contributed by atoms with Crippen LogP contribution in [0.4, 0.5) is 0 Å². The molecule has 2 amide bonds. The van der Waals surface area contributed by atoms with Crippen molar-refractivity contribution in [3.63, 3.8) is 0 Å². The monoisotopic (exact) mass is 312 g/mol. The second kappa shape index (κ2) is 7.44. The van der Waals surface area contributed by atoms with Gasteiger partial charge in [-0.1, -0.05) is 55.3 Å². The van der Waals surface area contributed by atoms with Gasteiger partial charge in [-0.15, -0.1) is 0 Å². The Bertz CT molecular complexity index is 582. The second-order valence-electron chi connectivity index (χ2n) is 6.38. The molecule has 0 bridgehead atoms. The third-order valence-corrected chi connectivity index (χ3v) is 4.69. The lowest BCUT2D eigenvalue weighted by Crippen LogP contribution is -2.48. The quantitative estimate of drug-likeness (QED) is 0.933. The van der Waals surface area contributed by atoms with Crippen LogP contribution in [0.15, 0.2) is 36.4 Å². The van der Waals surface area contributed by atoms with Gasteiger partial charge < -0.3 is 10.2 Å². The molecule has 0 radical (unpaired) electrons. The zero-order valence-electron chi connectivity index (χ0n) is 13.4. The SMILES string of the molecule is O=C1CCC(C(=O)N2CCCCCC2/C=C/c2ccccc2)N1. The molecule has 2 aliphatic heterocycles. The van der Waals surface area contributed by atoms with E-state index in [1.807, 2.05) is 23.1 Å². The molecule has 2 unspecified atom stereocenters. The van der Waals surface area contributed by atoms with Crippen LogP contribution in [0.5, 0.6) is 0 Å². The number of amides is 2. The largest absolute Gasteiger partial charge is 0.344 e. The predicted molar refractivity (Wildman–Crippen MR) is 90.6 cm³/mol. The number of hydrogen-bond acceptors (Lipinski definition) is 2. The standard InChI is InChI=1S/C19H24N2O2/c22-18-13-12-17(20-18)19(23)21-14-6-2-5-9-16(21)11-10-15-7-3-1-4-8-15/h1,3-4,7-8,10-11,16-17H,2,5-6,9,12-14H2,(H,20,22)/b11-10+. The van der Waals surface area contributed by atoms with E-state index in [0.29, 0.717) is 12.8 Å². The highest BCUT2D eigenvalue weighted by Gasteiger charge is 2.33. The smallest absolute Gasteiger partial charge is 0.245 e. The lowest BCUT2D eigenvalue weighted by molar-refractivity contribution is -0.135. The average Bonchev–Trinajstić information content (AvgIpc) is 2.88. The van der Waals surface area contributed by atoms with Crippen LogP contribution in [0.25, 0.3) is 6.08 Å². The minimum atomic E-state index is -0.326. The Hall–Kier alpha value is -2.10. The van der Waals surface area contributed by atoms with Crippen LogP contribution in [0, 0.1) is 0 Å². The van der Waals surface area contributed by atoms with Crippen LogP contribution < -0.4 is 5.32 Å². The molecule has 3 rings (SSSR count). The Morgan fingerprint density at radius 1 is 1.13 bits per heavy atom. The summed E-state index contributed by atoms with van der Waals surface area (Å²) in [7, 11) is 0. The maximum absolute atomic E-state index is 12.8. The number of carbonyl (C=O) groups excluding carboxylic acids is 2. The number of nitrogens with zero attached hydrogens (tertiary/aromatic N) is 1. The van der Waals surface area contributed by atoms with E-state index in [4.69, 9.17) is 0 Å². The number of nitrogens with one attached hydrogen (secondary N) is 1. The van der Waals surface area contributed by atoms with Gasteiger partial charge in [0.25, 0.3) is 0 Å². The van der Waals surface area contributed by atoms with Gasteiger partial charge >= 0.3 is 0 Å². The minimum Gasteiger partial charge on any atom is -0.344 e. The molecule has 1 aromatic rings. The molecule has 0 spiro atoms. The molecule has 122 valence electrons. The van der Waals surface area contributed by atoms with Crippen molar-refractivity contribution < 1.29 is 9.59 Å². The van der Waals surface area contributed by atoms with Gasteiger partial charge in [-0.3, -0.25) is 9.59 Å². The summed E-state index contributed by atoms with van der Waals surface area (Å²) < 4.78 is 0. The van der Waals surface area contributed by atoms with Crippen molar-refractivity contribution in [2.24, 2.45) is 0 Å². The summed E-state index contributed by atoms with van der Waals surface area (Å²) in [4.78, 5) is 26.2. The summed E-state index contributed by atoms with van der Waals surface area (Å²) in [6, 6.07) is 9.97.